The first-order chi connectivity index (χ1) is 9.93. The number of nitrogens with zero attached hydrogens (tertiary/aromatic N) is 2. The molecular formula is C14H12N2O5. The molecule has 0 fully saturated rings. The van der Waals surface area contributed by atoms with Crippen LogP contribution in [0.2, 0.25) is 0 Å². The molecule has 1 aromatic carbocycles. The maximum atomic E-state index is 11.8. The second-order valence-corrected chi connectivity index (χ2v) is 3.97. The highest BCUT2D eigenvalue weighted by Crippen LogP contribution is 2.12. The van der Waals surface area contributed by atoms with Crippen LogP contribution < -0.4 is 0 Å². The SMILES string of the molecule is C#CCN(CC(=O)O)C(=O)C=Cc1ccc([N+](=O)[O-])cc1. The molecule has 0 aliphatic carbocycles. The summed E-state index contributed by atoms with van der Waals surface area (Å²) in [6.45, 7) is -0.608. The first kappa shape index (κ1) is 15.9. The van der Waals surface area contributed by atoms with E-state index in [1.807, 2.05) is 0 Å². The minimum absolute atomic E-state index is 0.0571. The van der Waals surface area contributed by atoms with Crippen molar-refractivity contribution in [2.45, 2.75) is 0 Å². The number of aliphatic carboxylic acids is 1. The summed E-state index contributed by atoms with van der Waals surface area (Å²) in [4.78, 5) is 33.4. The predicted octanol–water partition coefficient (Wildman–Crippen LogP) is 1.15. The third-order valence-electron chi connectivity index (χ3n) is 2.44. The number of benzene rings is 1. The highest BCUT2D eigenvalue weighted by Gasteiger charge is 2.12. The topological polar surface area (TPSA) is 101 Å². The smallest absolute Gasteiger partial charge is 0.323 e. The highest BCUT2D eigenvalue weighted by molar-refractivity contribution is 5.93. The van der Waals surface area contributed by atoms with E-state index in [1.54, 1.807) is 0 Å². The van der Waals surface area contributed by atoms with Crippen LogP contribution in [0.3, 0.4) is 0 Å². The second-order valence-electron chi connectivity index (χ2n) is 3.97. The Kier molecular flexibility index (Phi) is 5.65. The second kappa shape index (κ2) is 7.45. The summed E-state index contributed by atoms with van der Waals surface area (Å²) >= 11 is 0. The first-order valence-corrected chi connectivity index (χ1v) is 5.80. The number of carbonyl (C=O) groups excluding carboxylic acids is 1. The monoisotopic (exact) mass is 288 g/mol. The molecule has 0 atom stereocenters. The van der Waals surface area contributed by atoms with Crippen LogP contribution in [0.5, 0.6) is 0 Å². The zero-order valence-electron chi connectivity index (χ0n) is 10.9. The Morgan fingerprint density at radius 1 is 1.38 bits per heavy atom. The fourth-order valence-electron chi connectivity index (χ4n) is 1.47. The number of nitro groups is 1. The number of amides is 1. The van der Waals surface area contributed by atoms with Gasteiger partial charge in [-0.2, -0.15) is 0 Å². The molecule has 7 heteroatoms. The van der Waals surface area contributed by atoms with Gasteiger partial charge < -0.3 is 10.0 Å². The van der Waals surface area contributed by atoms with Gasteiger partial charge in [0.25, 0.3) is 5.69 Å². The van der Waals surface area contributed by atoms with E-state index >= 15 is 0 Å². The summed E-state index contributed by atoms with van der Waals surface area (Å²) in [5.74, 6) is 0.493. The van der Waals surface area contributed by atoms with Gasteiger partial charge in [-0.3, -0.25) is 19.7 Å². The fraction of sp³-hybridized carbons (Fsp3) is 0.143. The maximum Gasteiger partial charge on any atom is 0.323 e. The van der Waals surface area contributed by atoms with Crippen molar-refractivity contribution in [2.24, 2.45) is 0 Å². The number of terminal acetylenes is 1. The molecule has 1 rings (SSSR count). The molecule has 1 aromatic rings. The molecule has 108 valence electrons. The molecule has 0 radical (unpaired) electrons. The number of carbonyl (C=O) groups is 2. The fourth-order valence-corrected chi connectivity index (χ4v) is 1.47. The largest absolute Gasteiger partial charge is 0.480 e. The molecule has 0 aliphatic heterocycles. The van der Waals surface area contributed by atoms with Crippen molar-refractivity contribution < 1.29 is 19.6 Å². The number of hydrogen-bond donors (Lipinski definition) is 1. The minimum Gasteiger partial charge on any atom is -0.480 e. The Morgan fingerprint density at radius 3 is 2.48 bits per heavy atom. The minimum atomic E-state index is -1.16. The molecule has 0 saturated heterocycles. The van der Waals surface area contributed by atoms with Gasteiger partial charge in [0.1, 0.15) is 6.54 Å². The lowest BCUT2D eigenvalue weighted by Gasteiger charge is -2.15. The highest BCUT2D eigenvalue weighted by atomic mass is 16.6. The van der Waals surface area contributed by atoms with Crippen LogP contribution in [-0.4, -0.2) is 39.9 Å². The van der Waals surface area contributed by atoms with E-state index in [0.717, 1.165) is 4.90 Å². The summed E-state index contributed by atoms with van der Waals surface area (Å²) in [6.07, 6.45) is 7.67. The number of carboxylic acid groups (broad SMARTS) is 1. The van der Waals surface area contributed by atoms with E-state index < -0.39 is 23.3 Å². The number of carboxylic acids is 1. The van der Waals surface area contributed by atoms with Crippen LogP contribution in [0, 0.1) is 22.5 Å². The first-order valence-electron chi connectivity index (χ1n) is 5.80. The maximum absolute atomic E-state index is 11.8. The Hall–Kier alpha value is -3.14. The quantitative estimate of drug-likeness (QED) is 0.366. The molecule has 0 bridgehead atoms. The van der Waals surface area contributed by atoms with Gasteiger partial charge in [0, 0.05) is 18.2 Å². The lowest BCUT2D eigenvalue weighted by molar-refractivity contribution is -0.384. The number of hydrogen-bond acceptors (Lipinski definition) is 4. The van der Waals surface area contributed by atoms with Gasteiger partial charge in [0.2, 0.25) is 5.91 Å². The molecule has 0 aliphatic rings. The molecule has 1 amide bonds. The molecule has 1 N–H and O–H groups in total. The Labute approximate surface area is 120 Å². The van der Waals surface area contributed by atoms with Gasteiger partial charge in [0.05, 0.1) is 11.5 Å². The van der Waals surface area contributed by atoms with Gasteiger partial charge in [-0.1, -0.05) is 5.92 Å². The number of nitro benzene ring substituents is 1. The average Bonchev–Trinajstić information content (AvgIpc) is 2.44. The van der Waals surface area contributed by atoms with Crippen LogP contribution in [0.4, 0.5) is 5.69 Å². The predicted molar refractivity (Wildman–Crippen MR) is 75.2 cm³/mol. The van der Waals surface area contributed by atoms with Gasteiger partial charge in [-0.15, -0.1) is 6.42 Å². The number of rotatable bonds is 6. The Balaban J connectivity index is 2.77. The summed E-state index contributed by atoms with van der Waals surface area (Å²) in [6, 6.07) is 5.57. The van der Waals surface area contributed by atoms with Gasteiger partial charge in [0.15, 0.2) is 0 Å². The lowest BCUT2D eigenvalue weighted by atomic mass is 10.2. The third kappa shape index (κ3) is 5.16. The van der Waals surface area contributed by atoms with Crippen molar-refractivity contribution in [1.29, 1.82) is 0 Å². The van der Waals surface area contributed by atoms with Crippen LogP contribution in [-0.2, 0) is 9.59 Å². The zero-order valence-corrected chi connectivity index (χ0v) is 10.9. The molecule has 0 heterocycles. The summed E-state index contributed by atoms with van der Waals surface area (Å²) in [5.41, 5.74) is 0.517. The Morgan fingerprint density at radius 2 is 2.00 bits per heavy atom. The molecule has 0 unspecified atom stereocenters. The van der Waals surface area contributed by atoms with Crippen molar-refractivity contribution in [3.63, 3.8) is 0 Å². The molecule has 0 aromatic heterocycles. The van der Waals surface area contributed by atoms with Crippen LogP contribution >= 0.6 is 0 Å². The van der Waals surface area contributed by atoms with Crippen molar-refractivity contribution in [1.82, 2.24) is 4.90 Å². The number of non-ortho nitro benzene ring substituents is 1. The van der Waals surface area contributed by atoms with E-state index in [9.17, 15) is 19.7 Å². The van der Waals surface area contributed by atoms with E-state index in [0.29, 0.717) is 5.56 Å². The summed E-state index contributed by atoms with van der Waals surface area (Å²) < 4.78 is 0. The standard InChI is InChI=1S/C14H12N2O5/c1-2-9-15(10-14(18)19)13(17)8-5-11-3-6-12(7-4-11)16(20)21/h1,3-8H,9-10H2,(H,18,19). The molecule has 7 nitrogen and oxygen atoms in total. The van der Waals surface area contributed by atoms with Crippen molar-refractivity contribution in [3.05, 3.63) is 46.0 Å². The van der Waals surface area contributed by atoms with Crippen LogP contribution in [0.25, 0.3) is 6.08 Å². The molecule has 21 heavy (non-hydrogen) atoms. The Bertz CT molecular complexity index is 613. The molecule has 0 spiro atoms. The van der Waals surface area contributed by atoms with Gasteiger partial charge in [-0.05, 0) is 23.8 Å². The van der Waals surface area contributed by atoms with Gasteiger partial charge >= 0.3 is 5.97 Å². The van der Waals surface area contributed by atoms with E-state index in [4.69, 9.17) is 11.5 Å². The normalized spacial score (nSPS) is 10.0. The average molecular weight is 288 g/mol. The third-order valence-corrected chi connectivity index (χ3v) is 2.44. The van der Waals surface area contributed by atoms with E-state index in [2.05, 4.69) is 5.92 Å². The van der Waals surface area contributed by atoms with Gasteiger partial charge in [-0.25, -0.2) is 0 Å². The molecule has 0 saturated carbocycles. The van der Waals surface area contributed by atoms with Crippen LogP contribution in [0.15, 0.2) is 30.3 Å². The summed E-state index contributed by atoms with van der Waals surface area (Å²) in [5, 5.41) is 19.2. The summed E-state index contributed by atoms with van der Waals surface area (Å²) in [7, 11) is 0. The van der Waals surface area contributed by atoms with Crippen molar-refractivity contribution >= 4 is 23.6 Å². The van der Waals surface area contributed by atoms with E-state index in [-0.39, 0.29) is 12.2 Å². The lowest BCUT2D eigenvalue weighted by Crippen LogP contribution is -2.34. The zero-order chi connectivity index (χ0) is 15.8. The molecular weight excluding hydrogens is 276 g/mol. The van der Waals surface area contributed by atoms with Crippen molar-refractivity contribution in [3.8, 4) is 12.3 Å². The van der Waals surface area contributed by atoms with E-state index in [1.165, 1.54) is 36.4 Å². The van der Waals surface area contributed by atoms with Crippen LogP contribution in [0.1, 0.15) is 5.56 Å². The van der Waals surface area contributed by atoms with Crippen molar-refractivity contribution in [2.75, 3.05) is 13.1 Å².